The molecule has 0 aromatic heterocycles. The van der Waals surface area contributed by atoms with Crippen LogP contribution in [0.25, 0.3) is 0 Å². The quantitative estimate of drug-likeness (QED) is 0.823. The van der Waals surface area contributed by atoms with Gasteiger partial charge in [0, 0.05) is 11.4 Å². The van der Waals surface area contributed by atoms with Gasteiger partial charge in [-0.1, -0.05) is 6.07 Å². The number of piperidine rings is 1. The first kappa shape index (κ1) is 14.2. The molecule has 1 fully saturated rings. The number of nitrogens with two attached hydrogens (primary N) is 1. The van der Waals surface area contributed by atoms with Crippen LogP contribution in [0.3, 0.4) is 0 Å². The summed E-state index contributed by atoms with van der Waals surface area (Å²) in [5, 5.41) is 0.340. The van der Waals surface area contributed by atoms with Crippen LogP contribution in [-0.2, 0) is 6.42 Å². The molecule has 0 radical (unpaired) electrons. The number of hydrogen-bond donors (Lipinski definition) is 2. The van der Waals surface area contributed by atoms with E-state index in [0.29, 0.717) is 5.37 Å². The predicted molar refractivity (Wildman–Crippen MR) is 85.3 cm³/mol. The van der Waals surface area contributed by atoms with Gasteiger partial charge < -0.3 is 10.5 Å². The first-order chi connectivity index (χ1) is 9.55. The molecule has 1 aromatic rings. The molecule has 0 saturated carbocycles. The van der Waals surface area contributed by atoms with Crippen LogP contribution in [0.1, 0.15) is 36.9 Å². The second-order valence-corrected chi connectivity index (χ2v) is 7.00. The summed E-state index contributed by atoms with van der Waals surface area (Å²) in [5.41, 5.74) is 9.55. The number of likely N-dealkylation sites (tertiary alicyclic amines) is 1. The zero-order valence-electron chi connectivity index (χ0n) is 12.3. The van der Waals surface area contributed by atoms with E-state index in [9.17, 15) is 0 Å². The molecule has 4 heteroatoms. The van der Waals surface area contributed by atoms with Crippen LogP contribution in [0.15, 0.2) is 18.2 Å². The van der Waals surface area contributed by atoms with Gasteiger partial charge in [0.25, 0.3) is 0 Å². The third-order valence-corrected chi connectivity index (χ3v) is 5.54. The fourth-order valence-electron chi connectivity index (χ4n) is 3.80. The largest absolute Gasteiger partial charge is 0.497 e. The van der Waals surface area contributed by atoms with E-state index in [-0.39, 0.29) is 11.5 Å². The summed E-state index contributed by atoms with van der Waals surface area (Å²) in [5.74, 6) is 0.915. The number of fused-ring (bicyclic) bond motifs is 1. The second kappa shape index (κ2) is 5.24. The molecule has 3 rings (SSSR count). The van der Waals surface area contributed by atoms with E-state index in [4.69, 9.17) is 10.5 Å². The van der Waals surface area contributed by atoms with Crippen molar-refractivity contribution in [3.63, 3.8) is 0 Å². The molecule has 1 aliphatic carbocycles. The van der Waals surface area contributed by atoms with E-state index in [2.05, 4.69) is 42.7 Å². The Morgan fingerprint density at radius 1 is 1.40 bits per heavy atom. The Morgan fingerprint density at radius 3 is 2.70 bits per heavy atom. The number of rotatable bonds is 2. The van der Waals surface area contributed by atoms with Gasteiger partial charge in [-0.05, 0) is 68.0 Å². The Kier molecular flexibility index (Phi) is 3.73. The van der Waals surface area contributed by atoms with E-state index in [1.807, 2.05) is 0 Å². The summed E-state index contributed by atoms with van der Waals surface area (Å²) in [7, 11) is 1.71. The summed E-state index contributed by atoms with van der Waals surface area (Å²) in [6.07, 6.45) is 3.44. The molecule has 1 saturated heterocycles. The Hall–Kier alpha value is -0.710. The summed E-state index contributed by atoms with van der Waals surface area (Å²) >= 11 is 4.55. The van der Waals surface area contributed by atoms with E-state index in [1.165, 1.54) is 11.1 Å². The van der Waals surface area contributed by atoms with Gasteiger partial charge in [0.2, 0.25) is 0 Å². The lowest BCUT2D eigenvalue weighted by Gasteiger charge is -2.43. The predicted octanol–water partition coefficient (Wildman–Crippen LogP) is 2.61. The maximum atomic E-state index is 6.61. The smallest absolute Gasteiger partial charge is 0.119 e. The van der Waals surface area contributed by atoms with Crippen molar-refractivity contribution in [2.45, 2.75) is 37.6 Å². The van der Waals surface area contributed by atoms with Gasteiger partial charge in [0.15, 0.2) is 0 Å². The number of hydrogen-bond acceptors (Lipinski definition) is 4. The van der Waals surface area contributed by atoms with Gasteiger partial charge in [-0.25, -0.2) is 0 Å². The van der Waals surface area contributed by atoms with E-state index >= 15 is 0 Å². The Labute approximate surface area is 126 Å². The van der Waals surface area contributed by atoms with Crippen LogP contribution in [0.2, 0.25) is 0 Å². The molecule has 0 bridgehead atoms. The molecule has 2 N–H and O–H groups in total. The van der Waals surface area contributed by atoms with Crippen LogP contribution >= 0.6 is 12.6 Å². The summed E-state index contributed by atoms with van der Waals surface area (Å²) in [6.45, 7) is 4.35. The molecule has 20 heavy (non-hydrogen) atoms. The molecule has 0 amide bonds. The molecule has 2 atom stereocenters. The third kappa shape index (κ3) is 2.24. The van der Waals surface area contributed by atoms with Crippen molar-refractivity contribution in [2.24, 2.45) is 11.1 Å². The van der Waals surface area contributed by atoms with Crippen LogP contribution in [0, 0.1) is 5.41 Å². The van der Waals surface area contributed by atoms with E-state index in [1.54, 1.807) is 7.11 Å². The summed E-state index contributed by atoms with van der Waals surface area (Å²) < 4.78 is 5.34. The standard InChI is InChI=1S/C16H24N2OS/c1-11(20)18-7-5-16(6-8-18)10-12-3-4-13(19-2)9-14(12)15(16)17/h3-4,9,11,15,20H,5-8,10,17H2,1-2H3/t11?,15-/m1/s1. The van der Waals surface area contributed by atoms with Crippen molar-refractivity contribution in [3.8, 4) is 5.75 Å². The highest BCUT2D eigenvalue weighted by molar-refractivity contribution is 7.80. The number of thiol groups is 1. The maximum absolute atomic E-state index is 6.61. The van der Waals surface area contributed by atoms with Crippen molar-refractivity contribution in [1.29, 1.82) is 0 Å². The topological polar surface area (TPSA) is 38.5 Å². The van der Waals surface area contributed by atoms with Gasteiger partial charge in [-0.3, -0.25) is 4.90 Å². The number of nitrogens with zero attached hydrogens (tertiary/aromatic N) is 1. The molecule has 1 aliphatic heterocycles. The first-order valence-corrected chi connectivity index (χ1v) is 7.92. The third-order valence-electron chi connectivity index (χ3n) is 5.21. The van der Waals surface area contributed by atoms with Crippen molar-refractivity contribution in [3.05, 3.63) is 29.3 Å². The highest BCUT2D eigenvalue weighted by Gasteiger charge is 2.46. The minimum atomic E-state index is 0.143. The molecule has 2 aliphatic rings. The van der Waals surface area contributed by atoms with E-state index in [0.717, 1.165) is 38.1 Å². The lowest BCUT2D eigenvalue weighted by Crippen LogP contribution is -2.46. The van der Waals surface area contributed by atoms with Crippen molar-refractivity contribution >= 4 is 12.6 Å². The normalized spacial score (nSPS) is 26.5. The second-order valence-electron chi connectivity index (χ2n) is 6.25. The van der Waals surface area contributed by atoms with Crippen molar-refractivity contribution in [1.82, 2.24) is 4.90 Å². The monoisotopic (exact) mass is 292 g/mol. The van der Waals surface area contributed by atoms with Crippen molar-refractivity contribution < 1.29 is 4.74 Å². The minimum absolute atomic E-state index is 0.143. The maximum Gasteiger partial charge on any atom is 0.119 e. The minimum Gasteiger partial charge on any atom is -0.497 e. The Balaban J connectivity index is 1.81. The van der Waals surface area contributed by atoms with Gasteiger partial charge in [-0.15, -0.1) is 0 Å². The van der Waals surface area contributed by atoms with E-state index < -0.39 is 0 Å². The fourth-order valence-corrected chi connectivity index (χ4v) is 4.03. The van der Waals surface area contributed by atoms with Crippen LogP contribution in [-0.4, -0.2) is 30.5 Å². The zero-order chi connectivity index (χ0) is 14.3. The lowest BCUT2D eigenvalue weighted by molar-refractivity contribution is 0.0865. The number of ether oxygens (including phenoxy) is 1. The molecule has 1 aromatic carbocycles. The molecule has 1 spiro atoms. The average Bonchev–Trinajstić information content (AvgIpc) is 2.72. The Bertz CT molecular complexity index is 495. The molecule has 110 valence electrons. The average molecular weight is 292 g/mol. The van der Waals surface area contributed by atoms with Crippen LogP contribution in [0.5, 0.6) is 5.75 Å². The van der Waals surface area contributed by atoms with Gasteiger partial charge in [0.1, 0.15) is 5.75 Å². The summed E-state index contributed by atoms with van der Waals surface area (Å²) in [6, 6.07) is 6.51. The molecule has 3 nitrogen and oxygen atoms in total. The lowest BCUT2D eigenvalue weighted by atomic mass is 9.73. The molecular weight excluding hydrogens is 268 g/mol. The summed E-state index contributed by atoms with van der Waals surface area (Å²) in [4.78, 5) is 2.44. The number of benzene rings is 1. The van der Waals surface area contributed by atoms with Gasteiger partial charge >= 0.3 is 0 Å². The highest BCUT2D eigenvalue weighted by atomic mass is 32.1. The van der Waals surface area contributed by atoms with Gasteiger partial charge in [-0.2, -0.15) is 12.6 Å². The molecule has 1 unspecified atom stereocenters. The van der Waals surface area contributed by atoms with Crippen molar-refractivity contribution in [2.75, 3.05) is 20.2 Å². The molecular formula is C16H24N2OS. The highest BCUT2D eigenvalue weighted by Crippen LogP contribution is 2.51. The number of methoxy groups -OCH3 is 1. The fraction of sp³-hybridized carbons (Fsp3) is 0.625. The Morgan fingerprint density at radius 2 is 2.10 bits per heavy atom. The molecule has 1 heterocycles. The zero-order valence-corrected chi connectivity index (χ0v) is 13.2. The van der Waals surface area contributed by atoms with Crippen LogP contribution in [0.4, 0.5) is 0 Å². The van der Waals surface area contributed by atoms with Crippen LogP contribution < -0.4 is 10.5 Å². The van der Waals surface area contributed by atoms with Gasteiger partial charge in [0.05, 0.1) is 7.11 Å². The SMILES string of the molecule is COc1ccc2c(c1)[C@@H](N)C1(CCN(C(C)S)CC1)C2. The first-order valence-electron chi connectivity index (χ1n) is 7.40.